The molecule has 1 aliphatic heterocycles. The minimum absolute atomic E-state index is 0.372. The molecular weight excluding hydrogens is 236 g/mol. The molecule has 4 unspecified atom stereocenters. The predicted octanol–water partition coefficient (Wildman–Crippen LogP) is 2.51. The van der Waals surface area contributed by atoms with E-state index in [1.807, 2.05) is 6.20 Å². The third-order valence-corrected chi connectivity index (χ3v) is 4.77. The van der Waals surface area contributed by atoms with Gasteiger partial charge in [-0.25, -0.2) is 0 Å². The van der Waals surface area contributed by atoms with Gasteiger partial charge in [0.05, 0.1) is 6.10 Å². The fourth-order valence-electron chi connectivity index (χ4n) is 3.84. The number of ether oxygens (including phenoxy) is 1. The molecule has 19 heavy (non-hydrogen) atoms. The molecule has 0 amide bonds. The number of nitrogens with zero attached hydrogens (tertiary/aromatic N) is 1. The highest BCUT2D eigenvalue weighted by molar-refractivity contribution is 5.30. The standard InChI is InChI=1S/C16H24N2O/c1-3-17-16(13-8-10-19-11(13)2)14-7-6-12-5-4-9-18-15(12)14/h4-5,9,11,13-14,16-17H,3,6-8,10H2,1-2H3. The highest BCUT2D eigenvalue weighted by atomic mass is 16.5. The molecule has 0 spiro atoms. The van der Waals surface area contributed by atoms with Gasteiger partial charge in [0.2, 0.25) is 0 Å². The largest absolute Gasteiger partial charge is 0.378 e. The molecule has 4 atom stereocenters. The van der Waals surface area contributed by atoms with Crippen LogP contribution in [0.2, 0.25) is 0 Å². The number of rotatable bonds is 4. The maximum Gasteiger partial charge on any atom is 0.0591 e. The first-order valence-electron chi connectivity index (χ1n) is 7.60. The molecule has 2 aliphatic rings. The molecule has 2 heterocycles. The molecule has 1 N–H and O–H groups in total. The first kappa shape index (κ1) is 13.1. The lowest BCUT2D eigenvalue weighted by atomic mass is 9.83. The topological polar surface area (TPSA) is 34.2 Å². The van der Waals surface area contributed by atoms with E-state index >= 15 is 0 Å². The number of fused-ring (bicyclic) bond motifs is 1. The Balaban J connectivity index is 1.85. The summed E-state index contributed by atoms with van der Waals surface area (Å²) in [6.45, 7) is 6.35. The maximum atomic E-state index is 5.78. The molecule has 104 valence electrons. The SMILES string of the molecule is CCNC(C1CCc2cccnc21)C1CCOC1C. The van der Waals surface area contributed by atoms with Crippen LogP contribution in [0.3, 0.4) is 0 Å². The third-order valence-electron chi connectivity index (χ3n) is 4.77. The third kappa shape index (κ3) is 2.41. The second-order valence-corrected chi connectivity index (χ2v) is 5.80. The molecular formula is C16H24N2O. The number of likely N-dealkylation sites (N-methyl/N-ethyl adjacent to an activating group) is 1. The van der Waals surface area contributed by atoms with E-state index in [1.54, 1.807) is 0 Å². The van der Waals surface area contributed by atoms with Gasteiger partial charge in [0.25, 0.3) is 0 Å². The molecule has 1 aliphatic carbocycles. The number of pyridine rings is 1. The van der Waals surface area contributed by atoms with Crippen molar-refractivity contribution in [1.29, 1.82) is 0 Å². The zero-order valence-electron chi connectivity index (χ0n) is 11.9. The average molecular weight is 260 g/mol. The van der Waals surface area contributed by atoms with Crippen LogP contribution >= 0.6 is 0 Å². The van der Waals surface area contributed by atoms with Crippen LogP contribution in [0.1, 0.15) is 43.9 Å². The van der Waals surface area contributed by atoms with Crippen LogP contribution in [0.15, 0.2) is 18.3 Å². The minimum Gasteiger partial charge on any atom is -0.378 e. The molecule has 3 nitrogen and oxygen atoms in total. The van der Waals surface area contributed by atoms with E-state index in [9.17, 15) is 0 Å². The Kier molecular flexibility index (Phi) is 3.85. The van der Waals surface area contributed by atoms with Crippen molar-refractivity contribution >= 4 is 0 Å². The second-order valence-electron chi connectivity index (χ2n) is 5.80. The van der Waals surface area contributed by atoms with E-state index < -0.39 is 0 Å². The van der Waals surface area contributed by atoms with Gasteiger partial charge in [-0.2, -0.15) is 0 Å². The van der Waals surface area contributed by atoms with Crippen molar-refractivity contribution in [3.63, 3.8) is 0 Å². The van der Waals surface area contributed by atoms with Crippen LogP contribution in [0.5, 0.6) is 0 Å². The van der Waals surface area contributed by atoms with E-state index in [4.69, 9.17) is 4.74 Å². The molecule has 1 aromatic heterocycles. The van der Waals surface area contributed by atoms with Gasteiger partial charge in [0, 0.05) is 36.4 Å². The lowest BCUT2D eigenvalue weighted by Crippen LogP contribution is -2.43. The normalized spacial score (nSPS) is 31.4. The summed E-state index contributed by atoms with van der Waals surface area (Å²) < 4.78 is 5.78. The molecule has 3 rings (SSSR count). The first-order chi connectivity index (χ1) is 9.31. The number of aromatic nitrogens is 1. The summed E-state index contributed by atoms with van der Waals surface area (Å²) in [4.78, 5) is 4.66. The molecule has 1 fully saturated rings. The van der Waals surface area contributed by atoms with Gasteiger partial charge in [-0.05, 0) is 44.4 Å². The summed E-state index contributed by atoms with van der Waals surface area (Å²) in [5.74, 6) is 1.18. The summed E-state index contributed by atoms with van der Waals surface area (Å²) in [7, 11) is 0. The van der Waals surface area contributed by atoms with Crippen LogP contribution < -0.4 is 5.32 Å². The van der Waals surface area contributed by atoms with Crippen molar-refractivity contribution in [3.8, 4) is 0 Å². The molecule has 0 radical (unpaired) electrons. The Hall–Kier alpha value is -0.930. The van der Waals surface area contributed by atoms with Crippen LogP contribution in [0.4, 0.5) is 0 Å². The zero-order chi connectivity index (χ0) is 13.2. The second kappa shape index (κ2) is 5.59. The lowest BCUT2D eigenvalue weighted by Gasteiger charge is -2.31. The molecule has 1 saturated heterocycles. The smallest absolute Gasteiger partial charge is 0.0591 e. The monoisotopic (exact) mass is 260 g/mol. The van der Waals surface area contributed by atoms with Crippen LogP contribution in [-0.2, 0) is 11.2 Å². The predicted molar refractivity (Wildman–Crippen MR) is 76.3 cm³/mol. The maximum absolute atomic E-state index is 5.78. The Labute approximate surface area is 115 Å². The average Bonchev–Trinajstić information content (AvgIpc) is 3.03. The molecule has 0 aromatic carbocycles. The number of hydrogen-bond acceptors (Lipinski definition) is 3. The van der Waals surface area contributed by atoms with Gasteiger partial charge in [-0.3, -0.25) is 4.98 Å². The van der Waals surface area contributed by atoms with Crippen molar-refractivity contribution in [2.45, 2.75) is 51.2 Å². The van der Waals surface area contributed by atoms with E-state index in [0.29, 0.717) is 24.0 Å². The van der Waals surface area contributed by atoms with Crippen LogP contribution in [-0.4, -0.2) is 30.3 Å². The quantitative estimate of drug-likeness (QED) is 0.903. The van der Waals surface area contributed by atoms with Crippen molar-refractivity contribution in [2.75, 3.05) is 13.2 Å². The van der Waals surface area contributed by atoms with Crippen molar-refractivity contribution in [1.82, 2.24) is 10.3 Å². The van der Waals surface area contributed by atoms with Gasteiger partial charge in [-0.15, -0.1) is 0 Å². The van der Waals surface area contributed by atoms with Gasteiger partial charge < -0.3 is 10.1 Å². The van der Waals surface area contributed by atoms with E-state index in [1.165, 1.54) is 30.5 Å². The van der Waals surface area contributed by atoms with Gasteiger partial charge in [0.15, 0.2) is 0 Å². The summed E-state index contributed by atoms with van der Waals surface area (Å²) >= 11 is 0. The zero-order valence-corrected chi connectivity index (χ0v) is 11.9. The van der Waals surface area contributed by atoms with E-state index in [0.717, 1.165) is 13.2 Å². The lowest BCUT2D eigenvalue weighted by molar-refractivity contribution is 0.0917. The fourth-order valence-corrected chi connectivity index (χ4v) is 3.84. The van der Waals surface area contributed by atoms with Crippen molar-refractivity contribution < 1.29 is 4.74 Å². The Morgan fingerprint density at radius 3 is 3.11 bits per heavy atom. The number of aryl methyl sites for hydroxylation is 1. The van der Waals surface area contributed by atoms with Crippen molar-refractivity contribution in [2.24, 2.45) is 5.92 Å². The molecule has 0 bridgehead atoms. The van der Waals surface area contributed by atoms with Crippen LogP contribution in [0.25, 0.3) is 0 Å². The summed E-state index contributed by atoms with van der Waals surface area (Å²) in [5, 5.41) is 3.72. The minimum atomic E-state index is 0.372. The summed E-state index contributed by atoms with van der Waals surface area (Å²) in [6, 6.07) is 4.81. The molecule has 0 saturated carbocycles. The number of hydrogen-bond donors (Lipinski definition) is 1. The van der Waals surface area contributed by atoms with Crippen molar-refractivity contribution in [3.05, 3.63) is 29.6 Å². The summed E-state index contributed by atoms with van der Waals surface area (Å²) in [5.41, 5.74) is 2.77. The number of nitrogens with one attached hydrogen (secondary N) is 1. The van der Waals surface area contributed by atoms with Gasteiger partial charge in [0.1, 0.15) is 0 Å². The summed E-state index contributed by atoms with van der Waals surface area (Å²) in [6.07, 6.45) is 5.90. The Bertz CT molecular complexity index is 435. The first-order valence-corrected chi connectivity index (χ1v) is 7.60. The van der Waals surface area contributed by atoms with Gasteiger partial charge >= 0.3 is 0 Å². The Morgan fingerprint density at radius 2 is 2.37 bits per heavy atom. The Morgan fingerprint density at radius 1 is 1.47 bits per heavy atom. The van der Waals surface area contributed by atoms with E-state index in [-0.39, 0.29) is 0 Å². The fraction of sp³-hybridized carbons (Fsp3) is 0.688. The van der Waals surface area contributed by atoms with E-state index in [2.05, 4.69) is 36.3 Å². The molecule has 3 heteroatoms. The molecule has 1 aromatic rings. The van der Waals surface area contributed by atoms with Gasteiger partial charge in [-0.1, -0.05) is 13.0 Å². The highest BCUT2D eigenvalue weighted by Crippen LogP contribution is 2.39. The highest BCUT2D eigenvalue weighted by Gasteiger charge is 2.39. The van der Waals surface area contributed by atoms with Crippen LogP contribution in [0, 0.1) is 5.92 Å².